The average molecular weight is 217 g/mol. The minimum absolute atomic E-state index is 0.382. The number of nitriles is 1. The lowest BCUT2D eigenvalue weighted by Gasteiger charge is -2.09. The van der Waals surface area contributed by atoms with Crippen LogP contribution in [0.3, 0.4) is 0 Å². The lowest BCUT2D eigenvalue weighted by Crippen LogP contribution is -2.42. The molecule has 0 spiro atoms. The van der Waals surface area contributed by atoms with Gasteiger partial charge in [0, 0.05) is 5.56 Å². The van der Waals surface area contributed by atoms with E-state index in [2.05, 4.69) is 5.32 Å². The van der Waals surface area contributed by atoms with Crippen molar-refractivity contribution in [3.8, 4) is 6.07 Å². The predicted octanol–water partition coefficient (Wildman–Crippen LogP) is 0.162. The second-order valence-corrected chi connectivity index (χ2v) is 3.29. The molecule has 0 saturated carbocycles. The Kier molecular flexibility index (Phi) is 3.62. The Morgan fingerprint density at radius 1 is 1.38 bits per heavy atom. The molecule has 1 rings (SSSR count). The average Bonchev–Trinajstić information content (AvgIpc) is 2.28. The van der Waals surface area contributed by atoms with Crippen LogP contribution in [-0.4, -0.2) is 17.9 Å². The third kappa shape index (κ3) is 2.82. The Balaban J connectivity index is 2.74. The van der Waals surface area contributed by atoms with Gasteiger partial charge in [0.2, 0.25) is 5.91 Å². The zero-order valence-electron chi connectivity index (χ0n) is 8.73. The van der Waals surface area contributed by atoms with Gasteiger partial charge in [-0.15, -0.1) is 0 Å². The number of carbonyl (C=O) groups is 2. The largest absolute Gasteiger partial charge is 0.368 e. The molecule has 0 aliphatic heterocycles. The van der Waals surface area contributed by atoms with E-state index in [-0.39, 0.29) is 0 Å². The molecule has 0 aliphatic rings. The molecule has 0 bridgehead atoms. The Hall–Kier alpha value is -2.35. The maximum absolute atomic E-state index is 11.6. The molecule has 82 valence electrons. The highest BCUT2D eigenvalue weighted by Crippen LogP contribution is 2.03. The van der Waals surface area contributed by atoms with E-state index in [0.717, 1.165) is 0 Å². The van der Waals surface area contributed by atoms with Crippen LogP contribution in [0.4, 0.5) is 0 Å². The van der Waals surface area contributed by atoms with Gasteiger partial charge in [-0.05, 0) is 31.2 Å². The number of benzene rings is 1. The molecule has 0 aromatic heterocycles. The highest BCUT2D eigenvalue weighted by molar-refractivity contribution is 5.97. The lowest BCUT2D eigenvalue weighted by molar-refractivity contribution is -0.119. The summed E-state index contributed by atoms with van der Waals surface area (Å²) < 4.78 is 0. The van der Waals surface area contributed by atoms with Crippen molar-refractivity contribution in [1.29, 1.82) is 5.26 Å². The maximum atomic E-state index is 11.6. The molecule has 0 fully saturated rings. The molecule has 5 nitrogen and oxygen atoms in total. The van der Waals surface area contributed by atoms with Gasteiger partial charge in [-0.3, -0.25) is 9.59 Å². The molecule has 5 heteroatoms. The minimum Gasteiger partial charge on any atom is -0.368 e. The van der Waals surface area contributed by atoms with Gasteiger partial charge in [0.15, 0.2) is 0 Å². The molecule has 0 heterocycles. The molecule has 2 amide bonds. The number of amides is 2. The van der Waals surface area contributed by atoms with Crippen molar-refractivity contribution in [2.45, 2.75) is 13.0 Å². The van der Waals surface area contributed by atoms with E-state index in [4.69, 9.17) is 11.0 Å². The summed E-state index contributed by atoms with van der Waals surface area (Å²) in [4.78, 5) is 22.3. The van der Waals surface area contributed by atoms with E-state index < -0.39 is 17.9 Å². The summed E-state index contributed by atoms with van der Waals surface area (Å²) in [6.45, 7) is 1.50. The summed E-state index contributed by atoms with van der Waals surface area (Å²) >= 11 is 0. The van der Waals surface area contributed by atoms with Crippen molar-refractivity contribution in [2.24, 2.45) is 5.73 Å². The first-order chi connectivity index (χ1) is 7.54. The van der Waals surface area contributed by atoms with Gasteiger partial charge in [-0.2, -0.15) is 5.26 Å². The Bertz CT molecular complexity index is 445. The molecule has 3 N–H and O–H groups in total. The lowest BCUT2D eigenvalue weighted by atomic mass is 10.1. The Morgan fingerprint density at radius 2 is 1.94 bits per heavy atom. The van der Waals surface area contributed by atoms with Crippen molar-refractivity contribution in [3.05, 3.63) is 35.4 Å². The number of rotatable bonds is 3. The number of nitrogens with two attached hydrogens (primary N) is 1. The third-order valence-electron chi connectivity index (χ3n) is 2.05. The van der Waals surface area contributed by atoms with Crippen molar-refractivity contribution < 1.29 is 9.59 Å². The Morgan fingerprint density at radius 3 is 2.38 bits per heavy atom. The normalized spacial score (nSPS) is 11.2. The smallest absolute Gasteiger partial charge is 0.251 e. The molecular weight excluding hydrogens is 206 g/mol. The van der Waals surface area contributed by atoms with Crippen LogP contribution >= 0.6 is 0 Å². The molecule has 0 saturated heterocycles. The molecule has 0 radical (unpaired) electrons. The quantitative estimate of drug-likeness (QED) is 0.754. The molecule has 1 atom stereocenters. The van der Waals surface area contributed by atoms with Crippen LogP contribution in [-0.2, 0) is 4.79 Å². The summed E-state index contributed by atoms with van der Waals surface area (Å²) in [6, 6.07) is 7.32. The molecule has 1 aromatic rings. The van der Waals surface area contributed by atoms with Gasteiger partial charge in [0.25, 0.3) is 5.91 Å². The highest BCUT2D eigenvalue weighted by Gasteiger charge is 2.13. The van der Waals surface area contributed by atoms with E-state index in [1.54, 1.807) is 0 Å². The summed E-state index contributed by atoms with van der Waals surface area (Å²) in [5.74, 6) is -0.988. The van der Waals surface area contributed by atoms with Crippen molar-refractivity contribution in [2.75, 3.05) is 0 Å². The zero-order chi connectivity index (χ0) is 12.1. The van der Waals surface area contributed by atoms with Crippen molar-refractivity contribution in [3.63, 3.8) is 0 Å². The Labute approximate surface area is 92.9 Å². The number of nitrogens with one attached hydrogen (secondary N) is 1. The van der Waals surface area contributed by atoms with Crippen LogP contribution in [0.5, 0.6) is 0 Å². The van der Waals surface area contributed by atoms with E-state index >= 15 is 0 Å². The summed E-state index contributed by atoms with van der Waals surface area (Å²) in [7, 11) is 0. The van der Waals surface area contributed by atoms with Gasteiger partial charge in [-0.25, -0.2) is 0 Å². The van der Waals surface area contributed by atoms with Crippen LogP contribution in [0.2, 0.25) is 0 Å². The number of primary amides is 1. The first kappa shape index (κ1) is 11.7. The SMILES string of the molecule is CC(NC(=O)c1ccc(C#N)cc1)C(N)=O. The van der Waals surface area contributed by atoms with E-state index in [1.807, 2.05) is 6.07 Å². The van der Waals surface area contributed by atoms with Crippen molar-refractivity contribution >= 4 is 11.8 Å². The van der Waals surface area contributed by atoms with Crippen LogP contribution in [0.25, 0.3) is 0 Å². The third-order valence-corrected chi connectivity index (χ3v) is 2.05. The van der Waals surface area contributed by atoms with Crippen LogP contribution in [0.15, 0.2) is 24.3 Å². The molecule has 1 aromatic carbocycles. The molecule has 16 heavy (non-hydrogen) atoms. The standard InChI is InChI=1S/C11H11N3O2/c1-7(10(13)15)14-11(16)9-4-2-8(6-12)3-5-9/h2-5,7H,1H3,(H2,13,15)(H,14,16). The number of nitrogens with zero attached hydrogens (tertiary/aromatic N) is 1. The number of hydrogen-bond acceptors (Lipinski definition) is 3. The predicted molar refractivity (Wildman–Crippen MR) is 57.3 cm³/mol. The fraction of sp³-hybridized carbons (Fsp3) is 0.182. The van der Waals surface area contributed by atoms with E-state index in [0.29, 0.717) is 11.1 Å². The zero-order valence-corrected chi connectivity index (χ0v) is 8.73. The summed E-state index contributed by atoms with van der Waals surface area (Å²) in [6.07, 6.45) is 0. The van der Waals surface area contributed by atoms with E-state index in [1.165, 1.54) is 31.2 Å². The molecular formula is C11H11N3O2. The van der Waals surface area contributed by atoms with Gasteiger partial charge in [-0.1, -0.05) is 0 Å². The van der Waals surface area contributed by atoms with Crippen LogP contribution in [0.1, 0.15) is 22.8 Å². The fourth-order valence-electron chi connectivity index (χ4n) is 1.05. The highest BCUT2D eigenvalue weighted by atomic mass is 16.2. The topological polar surface area (TPSA) is 96.0 Å². The van der Waals surface area contributed by atoms with Gasteiger partial charge < -0.3 is 11.1 Å². The monoisotopic (exact) mass is 217 g/mol. The molecule has 0 aliphatic carbocycles. The van der Waals surface area contributed by atoms with E-state index in [9.17, 15) is 9.59 Å². The van der Waals surface area contributed by atoms with Crippen molar-refractivity contribution in [1.82, 2.24) is 5.32 Å². The molecule has 1 unspecified atom stereocenters. The van der Waals surface area contributed by atoms with Crippen LogP contribution in [0, 0.1) is 11.3 Å². The minimum atomic E-state index is -0.719. The first-order valence-electron chi connectivity index (χ1n) is 4.65. The van der Waals surface area contributed by atoms with Gasteiger partial charge in [0.1, 0.15) is 6.04 Å². The van der Waals surface area contributed by atoms with Crippen LogP contribution < -0.4 is 11.1 Å². The second-order valence-electron chi connectivity index (χ2n) is 3.29. The fourth-order valence-corrected chi connectivity index (χ4v) is 1.05. The number of hydrogen-bond donors (Lipinski definition) is 2. The summed E-state index contributed by atoms with van der Waals surface area (Å²) in [5, 5.41) is 11.0. The summed E-state index contributed by atoms with van der Waals surface area (Å²) in [5.41, 5.74) is 5.86. The maximum Gasteiger partial charge on any atom is 0.251 e. The first-order valence-corrected chi connectivity index (χ1v) is 4.65. The van der Waals surface area contributed by atoms with Gasteiger partial charge in [0.05, 0.1) is 11.6 Å². The second kappa shape index (κ2) is 4.94. The number of carbonyl (C=O) groups excluding carboxylic acids is 2. The van der Waals surface area contributed by atoms with Gasteiger partial charge >= 0.3 is 0 Å².